The van der Waals surface area contributed by atoms with E-state index >= 15 is 0 Å². The first-order valence-electron chi connectivity index (χ1n) is 4.96. The van der Waals surface area contributed by atoms with Gasteiger partial charge in [-0.1, -0.05) is 15.9 Å². The third-order valence-corrected chi connectivity index (χ3v) is 2.69. The Bertz CT molecular complexity index is 494. The fourth-order valence-corrected chi connectivity index (χ4v) is 1.89. The van der Waals surface area contributed by atoms with Gasteiger partial charge in [0.05, 0.1) is 5.69 Å². The molecule has 0 aliphatic rings. The number of aromatic nitrogens is 4. The first-order chi connectivity index (χ1) is 7.70. The summed E-state index contributed by atoms with van der Waals surface area (Å²) in [6.07, 6.45) is 0.648. The molecule has 0 spiro atoms. The summed E-state index contributed by atoms with van der Waals surface area (Å²) in [5, 5.41) is 12.2. The number of benzene rings is 1. The minimum absolute atomic E-state index is 0.533. The van der Waals surface area contributed by atoms with Crippen LogP contribution >= 0.6 is 15.9 Å². The van der Waals surface area contributed by atoms with E-state index in [0.717, 1.165) is 15.7 Å². The summed E-state index contributed by atoms with van der Waals surface area (Å²) in [6, 6.07) is 5.92. The van der Waals surface area contributed by atoms with E-state index in [1.807, 2.05) is 25.1 Å². The van der Waals surface area contributed by atoms with Gasteiger partial charge in [-0.15, -0.1) is 15.0 Å². The lowest BCUT2D eigenvalue weighted by Crippen LogP contribution is -2.05. The van der Waals surface area contributed by atoms with Crippen molar-refractivity contribution in [2.24, 2.45) is 5.73 Å². The number of nitrogens with two attached hydrogens (primary N) is 1. The van der Waals surface area contributed by atoms with Crippen molar-refractivity contribution in [1.82, 2.24) is 20.2 Å². The zero-order valence-corrected chi connectivity index (χ0v) is 10.5. The van der Waals surface area contributed by atoms with Gasteiger partial charge >= 0.3 is 0 Å². The van der Waals surface area contributed by atoms with Gasteiger partial charge in [0, 0.05) is 10.9 Å². The van der Waals surface area contributed by atoms with Crippen LogP contribution in [0.4, 0.5) is 0 Å². The van der Waals surface area contributed by atoms with E-state index in [1.165, 1.54) is 4.80 Å². The smallest absolute Gasteiger partial charge is 0.176 e. The molecule has 0 aliphatic heterocycles. The molecule has 0 bridgehead atoms. The van der Waals surface area contributed by atoms with E-state index in [2.05, 4.69) is 31.3 Å². The van der Waals surface area contributed by atoms with E-state index in [9.17, 15) is 0 Å². The standard InChI is InChI=1S/C10H12BrN5/c1-7-6-8(11)2-3-9(7)16-14-10(4-5-12)13-15-16/h2-3,6H,4-5,12H2,1H3. The molecule has 1 heterocycles. The molecule has 5 nitrogen and oxygen atoms in total. The van der Waals surface area contributed by atoms with E-state index in [4.69, 9.17) is 5.73 Å². The van der Waals surface area contributed by atoms with Gasteiger partial charge in [0.1, 0.15) is 0 Å². The normalized spacial score (nSPS) is 10.7. The third kappa shape index (κ3) is 2.28. The van der Waals surface area contributed by atoms with Crippen molar-refractivity contribution in [2.75, 3.05) is 6.54 Å². The molecule has 2 rings (SSSR count). The summed E-state index contributed by atoms with van der Waals surface area (Å²) in [4.78, 5) is 1.53. The van der Waals surface area contributed by atoms with Crippen molar-refractivity contribution in [3.8, 4) is 5.69 Å². The van der Waals surface area contributed by atoms with Gasteiger partial charge in [-0.25, -0.2) is 0 Å². The van der Waals surface area contributed by atoms with Crippen LogP contribution in [-0.4, -0.2) is 26.8 Å². The lowest BCUT2D eigenvalue weighted by Gasteiger charge is -2.03. The predicted molar refractivity (Wildman–Crippen MR) is 64.3 cm³/mol. The Morgan fingerprint density at radius 1 is 1.44 bits per heavy atom. The molecule has 16 heavy (non-hydrogen) atoms. The Labute approximate surface area is 102 Å². The van der Waals surface area contributed by atoms with Gasteiger partial charge in [-0.05, 0) is 42.4 Å². The van der Waals surface area contributed by atoms with Crippen molar-refractivity contribution in [3.63, 3.8) is 0 Å². The molecule has 1 aromatic carbocycles. The zero-order chi connectivity index (χ0) is 11.5. The fourth-order valence-electron chi connectivity index (χ4n) is 1.42. The minimum atomic E-state index is 0.533. The largest absolute Gasteiger partial charge is 0.330 e. The molecule has 84 valence electrons. The summed E-state index contributed by atoms with van der Waals surface area (Å²) in [6.45, 7) is 2.54. The molecule has 0 aliphatic carbocycles. The molecule has 0 saturated heterocycles. The number of rotatable bonds is 3. The second-order valence-corrected chi connectivity index (χ2v) is 4.38. The van der Waals surface area contributed by atoms with Crippen LogP contribution in [0.15, 0.2) is 22.7 Å². The minimum Gasteiger partial charge on any atom is -0.330 e. The molecule has 0 fully saturated rings. The lowest BCUT2D eigenvalue weighted by molar-refractivity contribution is 0.713. The third-order valence-electron chi connectivity index (χ3n) is 2.20. The van der Waals surface area contributed by atoms with Crippen LogP contribution in [0.5, 0.6) is 0 Å². The van der Waals surface area contributed by atoms with E-state index in [-0.39, 0.29) is 0 Å². The maximum Gasteiger partial charge on any atom is 0.176 e. The van der Waals surface area contributed by atoms with Crippen molar-refractivity contribution in [2.45, 2.75) is 13.3 Å². The molecule has 1 aromatic heterocycles. The molecular weight excluding hydrogens is 270 g/mol. The van der Waals surface area contributed by atoms with Gasteiger partial charge in [0.2, 0.25) is 0 Å². The Balaban J connectivity index is 2.35. The number of hydrogen-bond acceptors (Lipinski definition) is 4. The molecule has 0 amide bonds. The highest BCUT2D eigenvalue weighted by Crippen LogP contribution is 2.17. The van der Waals surface area contributed by atoms with Crippen LogP contribution in [-0.2, 0) is 6.42 Å². The van der Waals surface area contributed by atoms with Gasteiger partial charge in [0.25, 0.3) is 0 Å². The van der Waals surface area contributed by atoms with Crippen molar-refractivity contribution < 1.29 is 0 Å². The Hall–Kier alpha value is -1.27. The second kappa shape index (κ2) is 4.71. The summed E-state index contributed by atoms with van der Waals surface area (Å²) in [5.41, 5.74) is 7.45. The van der Waals surface area contributed by atoms with Gasteiger partial charge in [0.15, 0.2) is 5.82 Å². The van der Waals surface area contributed by atoms with Gasteiger partial charge < -0.3 is 5.73 Å². The highest BCUT2D eigenvalue weighted by Gasteiger charge is 2.06. The van der Waals surface area contributed by atoms with Crippen LogP contribution in [0.25, 0.3) is 5.69 Å². The van der Waals surface area contributed by atoms with Gasteiger partial charge in [-0.3, -0.25) is 0 Å². The first-order valence-corrected chi connectivity index (χ1v) is 5.75. The highest BCUT2D eigenvalue weighted by molar-refractivity contribution is 9.10. The first kappa shape index (κ1) is 11.2. The molecule has 6 heteroatoms. The molecule has 0 unspecified atom stereocenters. The number of tetrazole rings is 1. The number of nitrogens with zero attached hydrogens (tertiary/aromatic N) is 4. The average Bonchev–Trinajstić information content (AvgIpc) is 2.67. The topological polar surface area (TPSA) is 69.6 Å². The molecule has 2 aromatic rings. The van der Waals surface area contributed by atoms with Crippen molar-refractivity contribution in [1.29, 1.82) is 0 Å². The fraction of sp³-hybridized carbons (Fsp3) is 0.300. The number of halogens is 1. The second-order valence-electron chi connectivity index (χ2n) is 3.46. The van der Waals surface area contributed by atoms with Crippen LogP contribution in [0.2, 0.25) is 0 Å². The number of hydrogen-bond donors (Lipinski definition) is 1. The maximum absolute atomic E-state index is 5.44. The van der Waals surface area contributed by atoms with Crippen LogP contribution < -0.4 is 5.73 Å². The summed E-state index contributed by atoms with van der Waals surface area (Å²) in [7, 11) is 0. The molecule has 2 N–H and O–H groups in total. The molecular formula is C10H12BrN5. The highest BCUT2D eigenvalue weighted by atomic mass is 79.9. The van der Waals surface area contributed by atoms with E-state index in [0.29, 0.717) is 18.8 Å². The van der Waals surface area contributed by atoms with Crippen molar-refractivity contribution >= 4 is 15.9 Å². The average molecular weight is 282 g/mol. The van der Waals surface area contributed by atoms with Crippen molar-refractivity contribution in [3.05, 3.63) is 34.1 Å². The van der Waals surface area contributed by atoms with E-state index < -0.39 is 0 Å². The van der Waals surface area contributed by atoms with Crippen LogP contribution in [0.1, 0.15) is 11.4 Å². The van der Waals surface area contributed by atoms with E-state index in [1.54, 1.807) is 0 Å². The SMILES string of the molecule is Cc1cc(Br)ccc1-n1nnc(CCN)n1. The molecule has 0 saturated carbocycles. The van der Waals surface area contributed by atoms with Crippen LogP contribution in [0.3, 0.4) is 0 Å². The molecule has 0 radical (unpaired) electrons. The lowest BCUT2D eigenvalue weighted by atomic mass is 10.2. The quantitative estimate of drug-likeness (QED) is 0.919. The monoisotopic (exact) mass is 281 g/mol. The molecule has 0 atom stereocenters. The summed E-state index contributed by atoms with van der Waals surface area (Å²) >= 11 is 3.42. The summed E-state index contributed by atoms with van der Waals surface area (Å²) in [5.74, 6) is 0.671. The Kier molecular flexibility index (Phi) is 3.31. The maximum atomic E-state index is 5.44. The predicted octanol–water partition coefficient (Wildman–Crippen LogP) is 1.23. The van der Waals surface area contributed by atoms with Gasteiger partial charge in [-0.2, -0.15) is 0 Å². The van der Waals surface area contributed by atoms with Crippen LogP contribution in [0, 0.1) is 6.92 Å². The Morgan fingerprint density at radius 3 is 2.94 bits per heavy atom. The summed E-state index contributed by atoms with van der Waals surface area (Å²) < 4.78 is 1.04. The number of aryl methyl sites for hydroxylation is 1. The Morgan fingerprint density at radius 2 is 2.25 bits per heavy atom. The zero-order valence-electron chi connectivity index (χ0n) is 8.89.